The molecule has 0 bridgehead atoms. The minimum absolute atomic E-state index is 0.465. The number of nitrogens with one attached hydrogen (secondary N) is 2. The van der Waals surface area contributed by atoms with E-state index in [9.17, 15) is 0 Å². The SMILES string of the molecule is CC(C)CNCc1nnc(NC2CCC(C)C2C)o1. The van der Waals surface area contributed by atoms with Gasteiger partial charge in [-0.15, -0.1) is 5.10 Å². The van der Waals surface area contributed by atoms with Gasteiger partial charge in [0.15, 0.2) is 0 Å². The molecule has 1 saturated carbocycles. The van der Waals surface area contributed by atoms with Crippen LogP contribution in [0.4, 0.5) is 6.01 Å². The minimum Gasteiger partial charge on any atom is -0.407 e. The zero-order valence-corrected chi connectivity index (χ0v) is 12.4. The maximum absolute atomic E-state index is 5.62. The van der Waals surface area contributed by atoms with Crippen LogP contribution < -0.4 is 10.6 Å². The molecule has 1 aromatic rings. The molecule has 5 heteroatoms. The molecule has 3 atom stereocenters. The summed E-state index contributed by atoms with van der Waals surface area (Å²) >= 11 is 0. The largest absolute Gasteiger partial charge is 0.407 e. The van der Waals surface area contributed by atoms with Crippen LogP contribution in [0.25, 0.3) is 0 Å². The first kappa shape index (κ1) is 14.3. The summed E-state index contributed by atoms with van der Waals surface area (Å²) < 4.78 is 5.62. The Hall–Kier alpha value is -1.10. The van der Waals surface area contributed by atoms with Crippen LogP contribution in [-0.2, 0) is 6.54 Å². The lowest BCUT2D eigenvalue weighted by atomic mass is 9.98. The fourth-order valence-corrected chi connectivity index (χ4v) is 2.58. The molecule has 1 aromatic heterocycles. The van der Waals surface area contributed by atoms with Gasteiger partial charge in [0.25, 0.3) is 0 Å². The van der Waals surface area contributed by atoms with E-state index in [2.05, 4.69) is 48.5 Å². The molecule has 0 radical (unpaired) electrons. The molecule has 0 aliphatic heterocycles. The fraction of sp³-hybridized carbons (Fsp3) is 0.857. The summed E-state index contributed by atoms with van der Waals surface area (Å²) in [7, 11) is 0. The third-order valence-corrected chi connectivity index (χ3v) is 4.07. The molecule has 2 rings (SSSR count). The van der Waals surface area contributed by atoms with E-state index in [1.54, 1.807) is 0 Å². The molecule has 1 aliphatic carbocycles. The average molecular weight is 266 g/mol. The van der Waals surface area contributed by atoms with Gasteiger partial charge < -0.3 is 15.1 Å². The molecule has 0 saturated heterocycles. The monoisotopic (exact) mass is 266 g/mol. The Labute approximate surface area is 115 Å². The second-order valence-electron chi connectivity index (χ2n) is 6.19. The van der Waals surface area contributed by atoms with Crippen molar-refractivity contribution in [3.8, 4) is 0 Å². The van der Waals surface area contributed by atoms with Gasteiger partial charge in [-0.05, 0) is 37.1 Å². The van der Waals surface area contributed by atoms with E-state index in [0.717, 1.165) is 12.5 Å². The molecule has 1 fully saturated rings. The normalized spacial score (nSPS) is 27.1. The lowest BCUT2D eigenvalue weighted by Gasteiger charge is -2.17. The minimum atomic E-state index is 0.465. The summed E-state index contributed by atoms with van der Waals surface area (Å²) in [5.41, 5.74) is 0. The van der Waals surface area contributed by atoms with Crippen LogP contribution >= 0.6 is 0 Å². The highest BCUT2D eigenvalue weighted by atomic mass is 16.4. The van der Waals surface area contributed by atoms with E-state index >= 15 is 0 Å². The Morgan fingerprint density at radius 2 is 2.05 bits per heavy atom. The number of hydrogen-bond acceptors (Lipinski definition) is 5. The predicted octanol–water partition coefficient (Wildman–Crippen LogP) is 2.66. The summed E-state index contributed by atoms with van der Waals surface area (Å²) in [6, 6.07) is 1.03. The van der Waals surface area contributed by atoms with Crippen molar-refractivity contribution in [3.05, 3.63) is 5.89 Å². The molecule has 0 amide bonds. The Balaban J connectivity index is 1.80. The van der Waals surface area contributed by atoms with E-state index in [1.807, 2.05) is 0 Å². The van der Waals surface area contributed by atoms with Gasteiger partial charge in [0, 0.05) is 6.04 Å². The molecule has 5 nitrogen and oxygen atoms in total. The van der Waals surface area contributed by atoms with E-state index < -0.39 is 0 Å². The van der Waals surface area contributed by atoms with Gasteiger partial charge >= 0.3 is 6.01 Å². The second-order valence-corrected chi connectivity index (χ2v) is 6.19. The van der Waals surface area contributed by atoms with Crippen molar-refractivity contribution >= 4 is 6.01 Å². The van der Waals surface area contributed by atoms with Gasteiger partial charge in [0.2, 0.25) is 5.89 Å². The predicted molar refractivity (Wildman–Crippen MR) is 75.8 cm³/mol. The number of aromatic nitrogens is 2. The molecule has 19 heavy (non-hydrogen) atoms. The summed E-state index contributed by atoms with van der Waals surface area (Å²) in [5.74, 6) is 2.71. The molecule has 1 aliphatic rings. The Bertz CT molecular complexity index is 391. The highest BCUT2D eigenvalue weighted by molar-refractivity contribution is 5.21. The first-order valence-corrected chi connectivity index (χ1v) is 7.36. The molecular weight excluding hydrogens is 240 g/mol. The van der Waals surface area contributed by atoms with Gasteiger partial charge in [-0.25, -0.2) is 0 Å². The third-order valence-electron chi connectivity index (χ3n) is 4.07. The number of hydrogen-bond donors (Lipinski definition) is 2. The third kappa shape index (κ3) is 3.93. The molecule has 0 aromatic carbocycles. The first-order valence-electron chi connectivity index (χ1n) is 7.36. The Kier molecular flexibility index (Phi) is 4.80. The smallest absolute Gasteiger partial charge is 0.315 e. The number of nitrogens with zero attached hydrogens (tertiary/aromatic N) is 2. The number of anilines is 1. The maximum Gasteiger partial charge on any atom is 0.315 e. The molecule has 0 spiro atoms. The maximum atomic E-state index is 5.62. The van der Waals surface area contributed by atoms with Crippen molar-refractivity contribution in [2.24, 2.45) is 17.8 Å². The average Bonchev–Trinajstić information content (AvgIpc) is 2.91. The number of rotatable bonds is 6. The second kappa shape index (κ2) is 6.37. The standard InChI is InChI=1S/C14H26N4O/c1-9(2)7-15-8-13-17-18-14(19-13)16-12-6-5-10(3)11(12)4/h9-12,15H,5-8H2,1-4H3,(H,16,18). The zero-order chi connectivity index (χ0) is 13.8. The Morgan fingerprint density at radius 1 is 1.26 bits per heavy atom. The molecular formula is C14H26N4O. The van der Waals surface area contributed by atoms with Gasteiger partial charge in [-0.1, -0.05) is 32.8 Å². The van der Waals surface area contributed by atoms with Crippen molar-refractivity contribution in [1.82, 2.24) is 15.5 Å². The molecule has 1 heterocycles. The van der Waals surface area contributed by atoms with Crippen molar-refractivity contribution < 1.29 is 4.42 Å². The summed E-state index contributed by atoms with van der Waals surface area (Å²) in [5, 5.41) is 14.8. The van der Waals surface area contributed by atoms with E-state index in [1.165, 1.54) is 12.8 Å². The van der Waals surface area contributed by atoms with Crippen LogP contribution in [-0.4, -0.2) is 22.8 Å². The summed E-state index contributed by atoms with van der Waals surface area (Å²) in [6.45, 7) is 10.6. The van der Waals surface area contributed by atoms with Crippen LogP contribution in [0.3, 0.4) is 0 Å². The lowest BCUT2D eigenvalue weighted by Crippen LogP contribution is -2.24. The van der Waals surface area contributed by atoms with Crippen LogP contribution in [0.2, 0.25) is 0 Å². The van der Waals surface area contributed by atoms with E-state index in [4.69, 9.17) is 4.42 Å². The van der Waals surface area contributed by atoms with Crippen molar-refractivity contribution in [2.45, 2.75) is 53.1 Å². The van der Waals surface area contributed by atoms with Crippen molar-refractivity contribution in [2.75, 3.05) is 11.9 Å². The van der Waals surface area contributed by atoms with E-state index in [-0.39, 0.29) is 0 Å². The quantitative estimate of drug-likeness (QED) is 0.829. The lowest BCUT2D eigenvalue weighted by molar-refractivity contribution is 0.420. The van der Waals surface area contributed by atoms with Crippen LogP contribution in [0, 0.1) is 17.8 Å². The zero-order valence-electron chi connectivity index (χ0n) is 12.4. The van der Waals surface area contributed by atoms with Crippen molar-refractivity contribution in [1.29, 1.82) is 0 Å². The Morgan fingerprint density at radius 3 is 2.68 bits per heavy atom. The molecule has 108 valence electrons. The van der Waals surface area contributed by atoms with Crippen LogP contribution in [0.1, 0.15) is 46.4 Å². The van der Waals surface area contributed by atoms with Crippen LogP contribution in [0.15, 0.2) is 4.42 Å². The first-order chi connectivity index (χ1) is 9.06. The van der Waals surface area contributed by atoms with E-state index in [0.29, 0.717) is 36.3 Å². The molecule has 3 unspecified atom stereocenters. The van der Waals surface area contributed by atoms with Gasteiger partial charge in [-0.3, -0.25) is 0 Å². The van der Waals surface area contributed by atoms with Crippen molar-refractivity contribution in [3.63, 3.8) is 0 Å². The highest BCUT2D eigenvalue weighted by Gasteiger charge is 2.30. The van der Waals surface area contributed by atoms with Gasteiger partial charge in [0.1, 0.15) is 0 Å². The van der Waals surface area contributed by atoms with Gasteiger partial charge in [0.05, 0.1) is 6.54 Å². The van der Waals surface area contributed by atoms with Gasteiger partial charge in [-0.2, -0.15) is 0 Å². The summed E-state index contributed by atoms with van der Waals surface area (Å²) in [6.07, 6.45) is 2.46. The summed E-state index contributed by atoms with van der Waals surface area (Å²) in [4.78, 5) is 0. The highest BCUT2D eigenvalue weighted by Crippen LogP contribution is 2.32. The fourth-order valence-electron chi connectivity index (χ4n) is 2.58. The van der Waals surface area contributed by atoms with Crippen LogP contribution in [0.5, 0.6) is 0 Å². The molecule has 2 N–H and O–H groups in total. The topological polar surface area (TPSA) is 63.0 Å².